The molecule has 1 aromatic rings. The molecule has 7 heteroatoms. The molecule has 0 aliphatic heterocycles. The van der Waals surface area contributed by atoms with E-state index in [0.29, 0.717) is 6.07 Å². The maximum absolute atomic E-state index is 13.0. The Kier molecular flexibility index (Phi) is 3.98. The van der Waals surface area contributed by atoms with Crippen LogP contribution in [0.1, 0.15) is 15.9 Å². The lowest BCUT2D eigenvalue weighted by molar-refractivity contribution is -0.138. The Morgan fingerprint density at radius 2 is 2.00 bits per heavy atom. The molecule has 0 atom stereocenters. The highest BCUT2D eigenvalue weighted by Crippen LogP contribution is 2.37. The first-order valence-electron chi connectivity index (χ1n) is 4.35. The van der Waals surface area contributed by atoms with E-state index in [-0.39, 0.29) is 6.07 Å². The van der Waals surface area contributed by atoms with Crippen LogP contribution >= 0.6 is 11.6 Å². The van der Waals surface area contributed by atoms with Gasteiger partial charge in [-0.15, -0.1) is 11.6 Å². The topological polar surface area (TPSA) is 26.3 Å². The van der Waals surface area contributed by atoms with Gasteiger partial charge in [-0.3, -0.25) is 4.79 Å². The van der Waals surface area contributed by atoms with E-state index in [4.69, 9.17) is 11.6 Å². The molecule has 1 rings (SSSR count). The fourth-order valence-corrected chi connectivity index (χ4v) is 1.45. The van der Waals surface area contributed by atoms with Crippen molar-refractivity contribution in [2.45, 2.75) is 6.18 Å². The van der Waals surface area contributed by atoms with E-state index in [0.717, 1.165) is 7.11 Å². The summed E-state index contributed by atoms with van der Waals surface area (Å²) in [6.45, 7) is 0. The van der Waals surface area contributed by atoms with Crippen molar-refractivity contribution in [1.29, 1.82) is 0 Å². The molecule has 0 fully saturated rings. The minimum Gasteiger partial charge on any atom is -0.496 e. The van der Waals surface area contributed by atoms with Crippen molar-refractivity contribution >= 4 is 17.4 Å². The van der Waals surface area contributed by atoms with E-state index < -0.39 is 40.5 Å². The van der Waals surface area contributed by atoms with Gasteiger partial charge >= 0.3 is 6.18 Å². The van der Waals surface area contributed by atoms with Crippen LogP contribution in [-0.4, -0.2) is 18.8 Å². The molecule has 0 unspecified atom stereocenters. The van der Waals surface area contributed by atoms with E-state index >= 15 is 0 Å². The molecule has 0 saturated carbocycles. The number of ketones is 1. The number of hydrogen-bond donors (Lipinski definition) is 0. The average molecular weight is 271 g/mol. The zero-order valence-electron chi connectivity index (χ0n) is 8.57. The Morgan fingerprint density at radius 3 is 2.41 bits per heavy atom. The predicted octanol–water partition coefficient (Wildman–Crippen LogP) is 3.27. The maximum atomic E-state index is 13.0. The molecule has 0 amide bonds. The summed E-state index contributed by atoms with van der Waals surface area (Å²) in [4.78, 5) is 11.3. The highest BCUT2D eigenvalue weighted by atomic mass is 35.5. The third-order valence-corrected chi connectivity index (χ3v) is 2.24. The molecule has 0 bridgehead atoms. The highest BCUT2D eigenvalue weighted by Gasteiger charge is 2.37. The molecular formula is C10H7ClF4O2. The van der Waals surface area contributed by atoms with Crippen LogP contribution in [0.5, 0.6) is 5.75 Å². The number of carbonyl (C=O) groups excluding carboxylic acids is 1. The first kappa shape index (κ1) is 13.8. The fourth-order valence-electron chi connectivity index (χ4n) is 1.32. The molecular weight excluding hydrogens is 264 g/mol. The minimum atomic E-state index is -4.85. The van der Waals surface area contributed by atoms with Crippen molar-refractivity contribution < 1.29 is 27.1 Å². The molecule has 17 heavy (non-hydrogen) atoms. The largest absolute Gasteiger partial charge is 0.496 e. The zero-order valence-corrected chi connectivity index (χ0v) is 9.32. The number of Topliss-reactive ketones (excluding diaryl/α,β-unsaturated/α-hetero) is 1. The lowest BCUT2D eigenvalue weighted by Crippen LogP contribution is -2.16. The summed E-state index contributed by atoms with van der Waals surface area (Å²) < 4.78 is 55.4. The molecule has 0 spiro atoms. The van der Waals surface area contributed by atoms with Gasteiger partial charge in [0.1, 0.15) is 11.6 Å². The van der Waals surface area contributed by atoms with Gasteiger partial charge in [-0.2, -0.15) is 13.2 Å². The molecule has 0 N–H and O–H groups in total. The third kappa shape index (κ3) is 2.88. The van der Waals surface area contributed by atoms with Gasteiger partial charge in [-0.05, 0) is 6.07 Å². The highest BCUT2D eigenvalue weighted by molar-refractivity contribution is 6.31. The number of alkyl halides is 4. The average Bonchev–Trinajstić information content (AvgIpc) is 2.25. The molecule has 0 saturated heterocycles. The Balaban J connectivity index is 3.56. The number of halogens is 5. The summed E-state index contributed by atoms with van der Waals surface area (Å²) in [7, 11) is 1.04. The number of hydrogen-bond acceptors (Lipinski definition) is 2. The van der Waals surface area contributed by atoms with Gasteiger partial charge in [-0.25, -0.2) is 4.39 Å². The smallest absolute Gasteiger partial charge is 0.417 e. The summed E-state index contributed by atoms with van der Waals surface area (Å²) in [6, 6.07) is 0.942. The Labute approximate surface area is 99.1 Å². The second-order valence-electron chi connectivity index (χ2n) is 3.09. The van der Waals surface area contributed by atoms with Gasteiger partial charge in [0.05, 0.1) is 24.1 Å². The van der Waals surface area contributed by atoms with Gasteiger partial charge in [0.15, 0.2) is 5.78 Å². The van der Waals surface area contributed by atoms with Crippen LogP contribution in [0.4, 0.5) is 17.6 Å². The molecule has 0 aromatic heterocycles. The van der Waals surface area contributed by atoms with Crippen LogP contribution in [0.25, 0.3) is 0 Å². The lowest BCUT2D eigenvalue weighted by Gasteiger charge is -2.14. The van der Waals surface area contributed by atoms with Crippen molar-refractivity contribution in [2.24, 2.45) is 0 Å². The number of rotatable bonds is 3. The lowest BCUT2D eigenvalue weighted by atomic mass is 10.0. The van der Waals surface area contributed by atoms with Gasteiger partial charge in [0.2, 0.25) is 0 Å². The van der Waals surface area contributed by atoms with Crippen LogP contribution in [-0.2, 0) is 6.18 Å². The predicted molar refractivity (Wildman–Crippen MR) is 53.0 cm³/mol. The van der Waals surface area contributed by atoms with Crippen molar-refractivity contribution in [3.8, 4) is 5.75 Å². The van der Waals surface area contributed by atoms with Crippen molar-refractivity contribution in [3.63, 3.8) is 0 Å². The minimum absolute atomic E-state index is 0.238. The third-order valence-electron chi connectivity index (χ3n) is 1.99. The normalized spacial score (nSPS) is 11.4. The maximum Gasteiger partial charge on any atom is 0.417 e. The molecule has 94 valence electrons. The second kappa shape index (κ2) is 4.91. The molecule has 0 radical (unpaired) electrons. The van der Waals surface area contributed by atoms with Gasteiger partial charge in [0.25, 0.3) is 0 Å². The summed E-state index contributed by atoms with van der Waals surface area (Å²) in [6.07, 6.45) is -4.85. The molecule has 0 heterocycles. The van der Waals surface area contributed by atoms with Crippen LogP contribution < -0.4 is 4.74 Å². The van der Waals surface area contributed by atoms with E-state index in [1.165, 1.54) is 0 Å². The standard InChI is InChI=1S/C10H7ClF4O2/c1-17-8-3-5(12)2-6(10(13,14)15)9(8)7(16)4-11/h2-3H,4H2,1H3. The number of methoxy groups -OCH3 is 1. The quantitative estimate of drug-likeness (QED) is 0.479. The summed E-state index contributed by atoms with van der Waals surface area (Å²) >= 11 is 5.21. The van der Waals surface area contributed by atoms with E-state index in [1.54, 1.807) is 0 Å². The zero-order chi connectivity index (χ0) is 13.2. The molecule has 0 aliphatic rings. The first-order valence-corrected chi connectivity index (χ1v) is 4.88. The molecule has 0 aliphatic carbocycles. The summed E-state index contributed by atoms with van der Waals surface area (Å²) in [5.74, 6) is -3.25. The SMILES string of the molecule is COc1cc(F)cc(C(F)(F)F)c1C(=O)CCl. The molecule has 2 nitrogen and oxygen atoms in total. The fraction of sp³-hybridized carbons (Fsp3) is 0.300. The van der Waals surface area contributed by atoms with E-state index in [1.807, 2.05) is 0 Å². The van der Waals surface area contributed by atoms with Gasteiger partial charge in [-0.1, -0.05) is 0 Å². The van der Waals surface area contributed by atoms with Crippen LogP contribution in [0, 0.1) is 5.82 Å². The number of benzene rings is 1. The first-order chi connectivity index (χ1) is 7.81. The van der Waals surface area contributed by atoms with Crippen LogP contribution in [0.15, 0.2) is 12.1 Å². The Bertz CT molecular complexity index is 443. The Hall–Kier alpha value is -1.30. The van der Waals surface area contributed by atoms with Gasteiger partial charge in [0, 0.05) is 6.07 Å². The van der Waals surface area contributed by atoms with Crippen molar-refractivity contribution in [2.75, 3.05) is 13.0 Å². The van der Waals surface area contributed by atoms with Gasteiger partial charge < -0.3 is 4.74 Å². The summed E-state index contributed by atoms with van der Waals surface area (Å²) in [5.41, 5.74) is -2.14. The number of carbonyl (C=O) groups is 1. The van der Waals surface area contributed by atoms with Crippen molar-refractivity contribution in [1.82, 2.24) is 0 Å². The van der Waals surface area contributed by atoms with Crippen LogP contribution in [0.2, 0.25) is 0 Å². The molecule has 1 aromatic carbocycles. The summed E-state index contributed by atoms with van der Waals surface area (Å²) in [5, 5.41) is 0. The Morgan fingerprint density at radius 1 is 1.41 bits per heavy atom. The van der Waals surface area contributed by atoms with Crippen molar-refractivity contribution in [3.05, 3.63) is 29.1 Å². The number of ether oxygens (including phenoxy) is 1. The second-order valence-corrected chi connectivity index (χ2v) is 3.35. The monoisotopic (exact) mass is 270 g/mol. The van der Waals surface area contributed by atoms with E-state index in [9.17, 15) is 22.4 Å². The van der Waals surface area contributed by atoms with E-state index in [2.05, 4.69) is 4.74 Å². The van der Waals surface area contributed by atoms with Crippen LogP contribution in [0.3, 0.4) is 0 Å².